The summed E-state index contributed by atoms with van der Waals surface area (Å²) in [6, 6.07) is 4.53. The summed E-state index contributed by atoms with van der Waals surface area (Å²) in [6.45, 7) is 1.65. The number of hydrogen-bond donors (Lipinski definition) is 1. The Balaban J connectivity index is 1.90. The lowest BCUT2D eigenvalue weighted by Gasteiger charge is -2.16. The fraction of sp³-hybridized carbons (Fsp3) is 0.538. The summed E-state index contributed by atoms with van der Waals surface area (Å²) >= 11 is 5.97. The third kappa shape index (κ3) is 3.66. The molecular formula is C13H17ClFNO. The molecule has 94 valence electrons. The molecule has 0 amide bonds. The zero-order valence-electron chi connectivity index (χ0n) is 9.66. The van der Waals surface area contributed by atoms with Crippen LogP contribution in [-0.2, 0) is 11.2 Å². The Hall–Kier alpha value is -0.640. The van der Waals surface area contributed by atoms with Crippen LogP contribution in [0.25, 0.3) is 0 Å². The van der Waals surface area contributed by atoms with E-state index in [0.29, 0.717) is 17.4 Å². The van der Waals surface area contributed by atoms with E-state index < -0.39 is 0 Å². The lowest BCUT2D eigenvalue weighted by molar-refractivity contribution is 0.182. The average molecular weight is 258 g/mol. The van der Waals surface area contributed by atoms with Gasteiger partial charge in [0.2, 0.25) is 0 Å². The van der Waals surface area contributed by atoms with Crippen molar-refractivity contribution in [3.8, 4) is 0 Å². The first kappa shape index (κ1) is 12.8. The van der Waals surface area contributed by atoms with E-state index in [9.17, 15) is 4.39 Å². The molecule has 2 rings (SSSR count). The van der Waals surface area contributed by atoms with Crippen LogP contribution < -0.4 is 5.73 Å². The van der Waals surface area contributed by atoms with E-state index in [1.165, 1.54) is 12.1 Å². The van der Waals surface area contributed by atoms with Gasteiger partial charge < -0.3 is 10.5 Å². The molecule has 2 nitrogen and oxygen atoms in total. The van der Waals surface area contributed by atoms with Crippen molar-refractivity contribution in [1.82, 2.24) is 0 Å². The molecule has 0 aromatic heterocycles. The van der Waals surface area contributed by atoms with Gasteiger partial charge in [-0.15, -0.1) is 0 Å². The van der Waals surface area contributed by atoms with Crippen LogP contribution in [0.1, 0.15) is 18.4 Å². The number of halogens is 2. The van der Waals surface area contributed by atoms with Gasteiger partial charge in [0.25, 0.3) is 0 Å². The van der Waals surface area contributed by atoms with E-state index in [1.54, 1.807) is 6.07 Å². The molecule has 1 aromatic carbocycles. The molecule has 4 heteroatoms. The highest BCUT2D eigenvalue weighted by atomic mass is 35.5. The van der Waals surface area contributed by atoms with Crippen LogP contribution in [0.4, 0.5) is 4.39 Å². The molecule has 0 spiro atoms. The van der Waals surface area contributed by atoms with Crippen LogP contribution in [-0.4, -0.2) is 19.3 Å². The van der Waals surface area contributed by atoms with Crippen molar-refractivity contribution in [3.63, 3.8) is 0 Å². The molecule has 17 heavy (non-hydrogen) atoms. The molecule has 2 atom stereocenters. The van der Waals surface area contributed by atoms with E-state index in [2.05, 4.69) is 0 Å². The van der Waals surface area contributed by atoms with Crippen molar-refractivity contribution in [3.05, 3.63) is 34.6 Å². The molecule has 0 saturated carbocycles. The van der Waals surface area contributed by atoms with Gasteiger partial charge >= 0.3 is 0 Å². The molecule has 1 aliphatic rings. The number of hydrogen-bond acceptors (Lipinski definition) is 2. The quantitative estimate of drug-likeness (QED) is 0.900. The first-order chi connectivity index (χ1) is 8.15. The van der Waals surface area contributed by atoms with Gasteiger partial charge in [0.1, 0.15) is 5.82 Å². The molecule has 2 unspecified atom stereocenters. The molecule has 0 radical (unpaired) electrons. The van der Waals surface area contributed by atoms with Crippen molar-refractivity contribution in [2.75, 3.05) is 13.2 Å². The summed E-state index contributed by atoms with van der Waals surface area (Å²) in [6.07, 6.45) is 2.72. The number of ether oxygens (including phenoxy) is 1. The monoisotopic (exact) mass is 257 g/mol. The SMILES string of the molecule is NC(Cc1ccc(F)cc1Cl)CC1CCOC1. The molecule has 1 aromatic rings. The van der Waals surface area contributed by atoms with E-state index in [1.807, 2.05) is 0 Å². The fourth-order valence-electron chi connectivity index (χ4n) is 2.25. The maximum absolute atomic E-state index is 12.9. The standard InChI is InChI=1S/C13H17ClFNO/c14-13-7-11(15)2-1-10(13)6-12(16)5-9-3-4-17-8-9/h1-2,7,9,12H,3-6,8,16H2. The van der Waals surface area contributed by atoms with Gasteiger partial charge in [0.15, 0.2) is 0 Å². The predicted octanol–water partition coefficient (Wildman–Crippen LogP) is 2.78. The molecule has 1 heterocycles. The average Bonchev–Trinajstić information content (AvgIpc) is 2.75. The molecule has 1 aliphatic heterocycles. The summed E-state index contributed by atoms with van der Waals surface area (Å²) in [5.74, 6) is 0.251. The number of nitrogens with two attached hydrogens (primary N) is 1. The highest BCUT2D eigenvalue weighted by molar-refractivity contribution is 6.31. The van der Waals surface area contributed by atoms with Gasteiger partial charge in [-0.1, -0.05) is 17.7 Å². The Morgan fingerprint density at radius 1 is 1.53 bits per heavy atom. The minimum absolute atomic E-state index is 0.0599. The maximum Gasteiger partial charge on any atom is 0.124 e. The lowest BCUT2D eigenvalue weighted by Crippen LogP contribution is -2.26. The minimum Gasteiger partial charge on any atom is -0.381 e. The van der Waals surface area contributed by atoms with Gasteiger partial charge in [0, 0.05) is 24.3 Å². The Morgan fingerprint density at radius 3 is 3.00 bits per heavy atom. The Morgan fingerprint density at radius 2 is 2.35 bits per heavy atom. The van der Waals surface area contributed by atoms with Crippen LogP contribution in [0.2, 0.25) is 5.02 Å². The van der Waals surface area contributed by atoms with Crippen LogP contribution in [0.3, 0.4) is 0 Å². The molecule has 0 bridgehead atoms. The molecule has 1 fully saturated rings. The van der Waals surface area contributed by atoms with Gasteiger partial charge in [-0.05, 0) is 42.9 Å². The zero-order valence-corrected chi connectivity index (χ0v) is 10.4. The highest BCUT2D eigenvalue weighted by Gasteiger charge is 2.19. The van der Waals surface area contributed by atoms with Crippen LogP contribution in [0.5, 0.6) is 0 Å². The van der Waals surface area contributed by atoms with Crippen LogP contribution in [0, 0.1) is 11.7 Å². The smallest absolute Gasteiger partial charge is 0.124 e. The summed E-state index contributed by atoms with van der Waals surface area (Å²) in [7, 11) is 0. The van der Waals surface area contributed by atoms with Crippen molar-refractivity contribution < 1.29 is 9.13 Å². The first-order valence-corrected chi connectivity index (χ1v) is 6.30. The van der Waals surface area contributed by atoms with E-state index in [0.717, 1.165) is 31.6 Å². The highest BCUT2D eigenvalue weighted by Crippen LogP contribution is 2.22. The van der Waals surface area contributed by atoms with E-state index in [4.69, 9.17) is 22.1 Å². The maximum atomic E-state index is 12.9. The third-order valence-corrected chi connectivity index (χ3v) is 3.51. The normalized spacial score (nSPS) is 21.7. The second-order valence-corrected chi connectivity index (χ2v) is 5.07. The van der Waals surface area contributed by atoms with Crippen molar-refractivity contribution in [1.29, 1.82) is 0 Å². The second kappa shape index (κ2) is 5.80. The summed E-state index contributed by atoms with van der Waals surface area (Å²) < 4.78 is 18.2. The van der Waals surface area contributed by atoms with Crippen molar-refractivity contribution >= 4 is 11.6 Å². The van der Waals surface area contributed by atoms with Crippen molar-refractivity contribution in [2.45, 2.75) is 25.3 Å². The number of rotatable bonds is 4. The Bertz CT molecular complexity index is 380. The summed E-state index contributed by atoms with van der Waals surface area (Å²) in [5.41, 5.74) is 7.00. The first-order valence-electron chi connectivity index (χ1n) is 5.92. The molecule has 0 aliphatic carbocycles. The predicted molar refractivity (Wildman–Crippen MR) is 66.6 cm³/mol. The largest absolute Gasteiger partial charge is 0.381 e. The minimum atomic E-state index is -0.309. The Labute approximate surface area is 106 Å². The topological polar surface area (TPSA) is 35.2 Å². The molecule has 2 N–H and O–H groups in total. The van der Waals surface area contributed by atoms with E-state index in [-0.39, 0.29) is 11.9 Å². The van der Waals surface area contributed by atoms with Crippen LogP contribution in [0.15, 0.2) is 18.2 Å². The summed E-state index contributed by atoms with van der Waals surface area (Å²) in [5, 5.41) is 0.461. The van der Waals surface area contributed by atoms with Gasteiger partial charge in [0.05, 0.1) is 0 Å². The molecular weight excluding hydrogens is 241 g/mol. The fourth-order valence-corrected chi connectivity index (χ4v) is 2.49. The Kier molecular flexibility index (Phi) is 4.37. The molecule has 1 saturated heterocycles. The van der Waals surface area contributed by atoms with Crippen molar-refractivity contribution in [2.24, 2.45) is 11.7 Å². The van der Waals surface area contributed by atoms with Crippen LogP contribution >= 0.6 is 11.6 Å². The third-order valence-electron chi connectivity index (χ3n) is 3.16. The lowest BCUT2D eigenvalue weighted by atomic mass is 9.95. The van der Waals surface area contributed by atoms with E-state index >= 15 is 0 Å². The van der Waals surface area contributed by atoms with Gasteiger partial charge in [-0.2, -0.15) is 0 Å². The zero-order chi connectivity index (χ0) is 12.3. The van der Waals surface area contributed by atoms with Gasteiger partial charge in [-0.3, -0.25) is 0 Å². The summed E-state index contributed by atoms with van der Waals surface area (Å²) in [4.78, 5) is 0. The van der Waals surface area contributed by atoms with Gasteiger partial charge in [-0.25, -0.2) is 4.39 Å². The number of benzene rings is 1. The second-order valence-electron chi connectivity index (χ2n) is 4.67.